The molecule has 1 fully saturated rings. The molecular weight excluding hydrogens is 298 g/mol. The van der Waals surface area contributed by atoms with Crippen LogP contribution in [0.4, 0.5) is 0 Å². The monoisotopic (exact) mass is 313 g/mol. The van der Waals surface area contributed by atoms with Crippen molar-refractivity contribution in [3.8, 4) is 0 Å². The van der Waals surface area contributed by atoms with Crippen molar-refractivity contribution in [3.05, 3.63) is 41.7 Å². The lowest BCUT2D eigenvalue weighted by Gasteiger charge is -2.26. The number of nitrogens with one attached hydrogen (secondary N) is 1. The molecule has 108 valence electrons. The normalized spacial score (nSPS) is 18.9. The zero-order chi connectivity index (χ0) is 14.2. The van der Waals surface area contributed by atoms with E-state index in [1.54, 1.807) is 23.6 Å². The van der Waals surface area contributed by atoms with Gasteiger partial charge in [-0.2, -0.15) is 0 Å². The Bertz CT molecular complexity index is 659. The Hall–Kier alpha value is -1.15. The van der Waals surface area contributed by atoms with E-state index in [0.29, 0.717) is 5.76 Å². The Labute approximate surface area is 121 Å². The van der Waals surface area contributed by atoms with Gasteiger partial charge < -0.3 is 9.52 Å². The number of hydrogen-bond donors (Lipinski definition) is 2. The predicted molar refractivity (Wildman–Crippen MR) is 74.8 cm³/mol. The maximum absolute atomic E-state index is 12.1. The zero-order valence-electron chi connectivity index (χ0n) is 10.7. The molecule has 3 rings (SSSR count). The molecular formula is C13H15NO4S2. The number of rotatable bonds is 6. The maximum Gasteiger partial charge on any atom is 0.250 e. The summed E-state index contributed by atoms with van der Waals surface area (Å²) in [5.74, 6) is 0.452. The van der Waals surface area contributed by atoms with Crippen molar-refractivity contribution in [3.63, 3.8) is 0 Å². The van der Waals surface area contributed by atoms with Crippen molar-refractivity contribution in [2.45, 2.75) is 22.7 Å². The van der Waals surface area contributed by atoms with Crippen molar-refractivity contribution >= 4 is 21.4 Å². The minimum Gasteiger partial charge on any atom is -0.466 e. The van der Waals surface area contributed by atoms with Crippen LogP contribution in [0.3, 0.4) is 0 Å². The quantitative estimate of drug-likeness (QED) is 0.854. The van der Waals surface area contributed by atoms with Crippen molar-refractivity contribution < 1.29 is 17.9 Å². The molecule has 1 atom stereocenters. The van der Waals surface area contributed by atoms with Crippen molar-refractivity contribution in [1.82, 2.24) is 4.72 Å². The average Bonchev–Trinajstić information content (AvgIpc) is 2.96. The SMILES string of the molecule is O=S(=O)(NCC(O)(c1ccco1)C1CC1)c1cccs1. The Morgan fingerprint density at radius 2 is 2.20 bits per heavy atom. The fourth-order valence-electron chi connectivity index (χ4n) is 2.21. The van der Waals surface area contributed by atoms with Crippen LogP contribution in [0.25, 0.3) is 0 Å². The molecule has 0 amide bonds. The molecule has 7 heteroatoms. The van der Waals surface area contributed by atoms with Gasteiger partial charge in [0.25, 0.3) is 0 Å². The predicted octanol–water partition coefficient (Wildman–Crippen LogP) is 1.92. The Morgan fingerprint density at radius 1 is 1.40 bits per heavy atom. The van der Waals surface area contributed by atoms with Gasteiger partial charge in [0.15, 0.2) is 0 Å². The van der Waals surface area contributed by atoms with Crippen molar-refractivity contribution in [2.75, 3.05) is 6.54 Å². The number of sulfonamides is 1. The van der Waals surface area contributed by atoms with Gasteiger partial charge in [-0.3, -0.25) is 0 Å². The second-order valence-electron chi connectivity index (χ2n) is 4.93. The van der Waals surface area contributed by atoms with Crippen LogP contribution in [0.2, 0.25) is 0 Å². The summed E-state index contributed by atoms with van der Waals surface area (Å²) in [4.78, 5) is 0. The minimum atomic E-state index is -3.58. The van der Waals surface area contributed by atoms with Crippen LogP contribution in [0, 0.1) is 5.92 Å². The highest BCUT2D eigenvalue weighted by molar-refractivity contribution is 7.91. The standard InChI is InChI=1S/C13H15NO4S2/c15-13(10-5-6-10,11-3-1-7-18-11)9-14-20(16,17)12-4-2-8-19-12/h1-4,7-8,10,14-15H,5-6,9H2. The highest BCUT2D eigenvalue weighted by Gasteiger charge is 2.47. The first kappa shape index (κ1) is 13.8. The molecule has 20 heavy (non-hydrogen) atoms. The van der Waals surface area contributed by atoms with E-state index in [1.807, 2.05) is 0 Å². The summed E-state index contributed by atoms with van der Waals surface area (Å²) in [6.45, 7) is -0.0780. The molecule has 1 unspecified atom stereocenters. The second kappa shape index (κ2) is 5.00. The van der Waals surface area contributed by atoms with E-state index >= 15 is 0 Å². The van der Waals surface area contributed by atoms with Crippen LogP contribution in [0.5, 0.6) is 0 Å². The molecule has 0 radical (unpaired) electrons. The van der Waals surface area contributed by atoms with E-state index in [1.165, 1.54) is 12.3 Å². The van der Waals surface area contributed by atoms with Gasteiger partial charge in [0.05, 0.1) is 6.26 Å². The Morgan fingerprint density at radius 3 is 2.75 bits per heavy atom. The molecule has 2 aromatic rings. The summed E-state index contributed by atoms with van der Waals surface area (Å²) < 4.78 is 32.2. The van der Waals surface area contributed by atoms with Gasteiger partial charge in [0.1, 0.15) is 15.6 Å². The number of thiophene rings is 1. The van der Waals surface area contributed by atoms with Crippen molar-refractivity contribution in [2.24, 2.45) is 5.92 Å². The van der Waals surface area contributed by atoms with Crippen molar-refractivity contribution in [1.29, 1.82) is 0 Å². The van der Waals surface area contributed by atoms with Crippen LogP contribution in [0.1, 0.15) is 18.6 Å². The van der Waals surface area contributed by atoms with Gasteiger partial charge >= 0.3 is 0 Å². The van der Waals surface area contributed by atoms with E-state index in [-0.39, 0.29) is 16.7 Å². The minimum absolute atomic E-state index is 0.0414. The van der Waals surface area contributed by atoms with Gasteiger partial charge in [-0.25, -0.2) is 13.1 Å². The number of aliphatic hydroxyl groups is 1. The fourth-order valence-corrected chi connectivity index (χ4v) is 4.32. The van der Waals surface area contributed by atoms with Gasteiger partial charge in [0.2, 0.25) is 10.0 Å². The molecule has 1 aliphatic rings. The van der Waals surface area contributed by atoms with Crippen LogP contribution in [-0.2, 0) is 15.6 Å². The zero-order valence-corrected chi connectivity index (χ0v) is 12.3. The van der Waals surface area contributed by atoms with Crippen LogP contribution in [0.15, 0.2) is 44.5 Å². The lowest BCUT2D eigenvalue weighted by atomic mass is 9.95. The first-order valence-electron chi connectivity index (χ1n) is 6.32. The summed E-state index contributed by atoms with van der Waals surface area (Å²) in [6, 6.07) is 6.59. The maximum atomic E-state index is 12.1. The van der Waals surface area contributed by atoms with E-state index in [9.17, 15) is 13.5 Å². The lowest BCUT2D eigenvalue weighted by molar-refractivity contribution is -0.00223. The molecule has 0 bridgehead atoms. The second-order valence-corrected chi connectivity index (χ2v) is 7.87. The van der Waals surface area contributed by atoms with Gasteiger partial charge in [-0.05, 0) is 42.3 Å². The molecule has 1 saturated carbocycles. The molecule has 2 aromatic heterocycles. The molecule has 1 aliphatic carbocycles. The summed E-state index contributed by atoms with van der Waals surface area (Å²) in [6.07, 6.45) is 3.23. The third kappa shape index (κ3) is 2.54. The smallest absolute Gasteiger partial charge is 0.250 e. The summed E-state index contributed by atoms with van der Waals surface area (Å²) in [7, 11) is -3.58. The van der Waals surface area contributed by atoms with Crippen LogP contribution < -0.4 is 4.72 Å². The first-order valence-corrected chi connectivity index (χ1v) is 8.68. The topological polar surface area (TPSA) is 79.5 Å². The molecule has 2 N–H and O–H groups in total. The Kier molecular flexibility index (Phi) is 3.45. The first-order chi connectivity index (χ1) is 9.52. The van der Waals surface area contributed by atoms with Gasteiger partial charge in [0, 0.05) is 6.54 Å². The summed E-state index contributed by atoms with van der Waals surface area (Å²) >= 11 is 1.15. The van der Waals surface area contributed by atoms with Gasteiger partial charge in [-0.1, -0.05) is 6.07 Å². The largest absolute Gasteiger partial charge is 0.466 e. The fraction of sp³-hybridized carbons (Fsp3) is 0.385. The molecule has 2 heterocycles. The van der Waals surface area contributed by atoms with Crippen LogP contribution >= 0.6 is 11.3 Å². The van der Waals surface area contributed by atoms with E-state index in [4.69, 9.17) is 4.42 Å². The Balaban J connectivity index is 1.79. The molecule has 0 aromatic carbocycles. The number of furan rings is 1. The summed E-state index contributed by atoms with van der Waals surface area (Å²) in [5, 5.41) is 12.5. The molecule has 0 aliphatic heterocycles. The average molecular weight is 313 g/mol. The lowest BCUT2D eigenvalue weighted by Crippen LogP contribution is -2.42. The van der Waals surface area contributed by atoms with E-state index < -0.39 is 15.6 Å². The number of hydrogen-bond acceptors (Lipinski definition) is 5. The van der Waals surface area contributed by atoms with E-state index in [2.05, 4.69) is 4.72 Å². The molecule has 0 saturated heterocycles. The molecule has 5 nitrogen and oxygen atoms in total. The third-order valence-corrected chi connectivity index (χ3v) is 6.29. The van der Waals surface area contributed by atoms with E-state index in [0.717, 1.165) is 24.2 Å². The highest BCUT2D eigenvalue weighted by atomic mass is 32.2. The van der Waals surface area contributed by atoms with Gasteiger partial charge in [-0.15, -0.1) is 11.3 Å². The summed E-state index contributed by atoms with van der Waals surface area (Å²) in [5.41, 5.74) is -1.27. The highest BCUT2D eigenvalue weighted by Crippen LogP contribution is 2.45. The molecule has 0 spiro atoms. The van der Waals surface area contributed by atoms with Crippen LogP contribution in [-0.4, -0.2) is 20.1 Å². The third-order valence-electron chi connectivity index (χ3n) is 3.49.